The van der Waals surface area contributed by atoms with Crippen LogP contribution in [0.3, 0.4) is 0 Å². The Bertz CT molecular complexity index is 451. The van der Waals surface area contributed by atoms with Gasteiger partial charge in [0.2, 0.25) is 0 Å². The minimum Gasteiger partial charge on any atom is -0.388 e. The zero-order chi connectivity index (χ0) is 14.7. The van der Waals surface area contributed by atoms with Gasteiger partial charge in [-0.05, 0) is 50.2 Å². The van der Waals surface area contributed by atoms with E-state index in [0.29, 0.717) is 0 Å². The third-order valence-electron chi connectivity index (χ3n) is 4.62. The summed E-state index contributed by atoms with van der Waals surface area (Å²) in [6.45, 7) is 6.72. The molecule has 1 aromatic rings. The molecule has 2 N–H and O–H groups in total. The number of nitrogens with one attached hydrogen (secondary N) is 1. The van der Waals surface area contributed by atoms with E-state index in [9.17, 15) is 5.11 Å². The van der Waals surface area contributed by atoms with Crippen LogP contribution in [-0.4, -0.2) is 61.4 Å². The zero-order valence-electron chi connectivity index (χ0n) is 12.4. The molecular formula is C16H24ClN3O. The van der Waals surface area contributed by atoms with Crippen LogP contribution in [0.4, 0.5) is 5.69 Å². The van der Waals surface area contributed by atoms with E-state index in [1.807, 2.05) is 12.1 Å². The molecule has 2 fully saturated rings. The summed E-state index contributed by atoms with van der Waals surface area (Å²) in [5.41, 5.74) is 0.743. The SMILES string of the molecule is OC1(CN2CCN(c3ccc(Cl)cc3)CC2)CCNCC1. The van der Waals surface area contributed by atoms with Gasteiger partial charge in [0.25, 0.3) is 0 Å². The topological polar surface area (TPSA) is 38.7 Å². The van der Waals surface area contributed by atoms with E-state index in [2.05, 4.69) is 27.2 Å². The molecule has 0 aliphatic carbocycles. The van der Waals surface area contributed by atoms with Gasteiger partial charge in [-0.2, -0.15) is 0 Å². The molecule has 21 heavy (non-hydrogen) atoms. The lowest BCUT2D eigenvalue weighted by Crippen LogP contribution is -2.54. The molecule has 0 saturated carbocycles. The fourth-order valence-corrected chi connectivity index (χ4v) is 3.41. The van der Waals surface area contributed by atoms with Gasteiger partial charge in [-0.25, -0.2) is 0 Å². The number of anilines is 1. The Labute approximate surface area is 131 Å². The van der Waals surface area contributed by atoms with E-state index < -0.39 is 5.60 Å². The first-order valence-electron chi connectivity index (χ1n) is 7.81. The van der Waals surface area contributed by atoms with Gasteiger partial charge >= 0.3 is 0 Å². The largest absolute Gasteiger partial charge is 0.388 e. The maximum absolute atomic E-state index is 10.6. The molecule has 0 bridgehead atoms. The molecule has 0 atom stereocenters. The van der Waals surface area contributed by atoms with Crippen molar-refractivity contribution in [3.8, 4) is 0 Å². The number of hydrogen-bond acceptors (Lipinski definition) is 4. The Morgan fingerprint density at radius 2 is 1.67 bits per heavy atom. The van der Waals surface area contributed by atoms with E-state index in [1.165, 1.54) is 5.69 Å². The highest BCUT2D eigenvalue weighted by Gasteiger charge is 2.32. The average Bonchev–Trinajstić information content (AvgIpc) is 2.49. The predicted octanol–water partition coefficient (Wildman–Crippen LogP) is 1.58. The fourth-order valence-electron chi connectivity index (χ4n) is 3.28. The van der Waals surface area contributed by atoms with E-state index in [1.54, 1.807) is 0 Å². The molecular weight excluding hydrogens is 286 g/mol. The summed E-state index contributed by atoms with van der Waals surface area (Å²) in [5, 5.41) is 14.7. The summed E-state index contributed by atoms with van der Waals surface area (Å²) in [7, 11) is 0. The van der Waals surface area contributed by atoms with Crippen molar-refractivity contribution in [3.63, 3.8) is 0 Å². The van der Waals surface area contributed by atoms with Crippen molar-refractivity contribution < 1.29 is 5.11 Å². The molecule has 3 rings (SSSR count). The summed E-state index contributed by atoms with van der Waals surface area (Å²) in [4.78, 5) is 4.79. The van der Waals surface area contributed by atoms with Crippen molar-refractivity contribution in [2.24, 2.45) is 0 Å². The van der Waals surface area contributed by atoms with Gasteiger partial charge in [0.15, 0.2) is 0 Å². The van der Waals surface area contributed by atoms with Crippen LogP contribution in [0.25, 0.3) is 0 Å². The fraction of sp³-hybridized carbons (Fsp3) is 0.625. The van der Waals surface area contributed by atoms with Crippen LogP contribution in [0.5, 0.6) is 0 Å². The lowest BCUT2D eigenvalue weighted by molar-refractivity contribution is -0.0218. The molecule has 2 aliphatic heterocycles. The minimum absolute atomic E-state index is 0.492. The molecule has 116 valence electrons. The molecule has 1 aromatic carbocycles. The quantitative estimate of drug-likeness (QED) is 0.889. The van der Waals surface area contributed by atoms with E-state index >= 15 is 0 Å². The highest BCUT2D eigenvalue weighted by Crippen LogP contribution is 2.22. The molecule has 0 spiro atoms. The standard InChI is InChI=1S/C16H24ClN3O/c17-14-1-3-15(4-2-14)20-11-9-19(10-12-20)13-16(21)5-7-18-8-6-16/h1-4,18,21H,5-13H2. The number of benzene rings is 1. The zero-order valence-corrected chi connectivity index (χ0v) is 13.1. The molecule has 0 amide bonds. The van der Waals surface area contributed by atoms with Crippen LogP contribution >= 0.6 is 11.6 Å². The minimum atomic E-state index is -0.492. The number of piperazine rings is 1. The smallest absolute Gasteiger partial charge is 0.0798 e. The maximum atomic E-state index is 10.6. The summed E-state index contributed by atoms with van der Waals surface area (Å²) in [6, 6.07) is 8.05. The molecule has 2 heterocycles. The van der Waals surface area contributed by atoms with Gasteiger partial charge in [-0.1, -0.05) is 11.6 Å². The van der Waals surface area contributed by atoms with Crippen molar-refractivity contribution in [2.45, 2.75) is 18.4 Å². The third-order valence-corrected chi connectivity index (χ3v) is 4.87. The molecule has 0 aromatic heterocycles. The summed E-state index contributed by atoms with van der Waals surface area (Å²) in [6.07, 6.45) is 1.73. The van der Waals surface area contributed by atoms with Gasteiger partial charge in [-0.3, -0.25) is 4.90 Å². The van der Waals surface area contributed by atoms with Crippen LogP contribution in [-0.2, 0) is 0 Å². The Hall–Kier alpha value is -0.810. The van der Waals surface area contributed by atoms with Gasteiger partial charge in [0.05, 0.1) is 5.60 Å². The van der Waals surface area contributed by atoms with Crippen LogP contribution in [0, 0.1) is 0 Å². The van der Waals surface area contributed by atoms with E-state index in [-0.39, 0.29) is 0 Å². The highest BCUT2D eigenvalue weighted by atomic mass is 35.5. The van der Waals surface area contributed by atoms with Crippen LogP contribution in [0.15, 0.2) is 24.3 Å². The first-order chi connectivity index (χ1) is 10.1. The Kier molecular flexibility index (Phi) is 4.69. The van der Waals surface area contributed by atoms with E-state index in [0.717, 1.165) is 63.7 Å². The Balaban J connectivity index is 1.51. The summed E-state index contributed by atoms with van der Waals surface area (Å²) in [5.74, 6) is 0. The molecule has 5 heteroatoms. The average molecular weight is 310 g/mol. The molecule has 0 radical (unpaired) electrons. The van der Waals surface area contributed by atoms with Gasteiger partial charge in [0.1, 0.15) is 0 Å². The monoisotopic (exact) mass is 309 g/mol. The van der Waals surface area contributed by atoms with Crippen LogP contribution in [0.2, 0.25) is 5.02 Å². The number of nitrogens with zero attached hydrogens (tertiary/aromatic N) is 2. The summed E-state index contributed by atoms with van der Waals surface area (Å²) >= 11 is 5.94. The summed E-state index contributed by atoms with van der Waals surface area (Å²) < 4.78 is 0. The number of piperidine rings is 1. The normalized spacial score (nSPS) is 23.2. The third kappa shape index (κ3) is 3.89. The van der Waals surface area contributed by atoms with Crippen molar-refractivity contribution in [2.75, 3.05) is 50.7 Å². The van der Waals surface area contributed by atoms with Crippen molar-refractivity contribution in [1.82, 2.24) is 10.2 Å². The van der Waals surface area contributed by atoms with Crippen molar-refractivity contribution in [1.29, 1.82) is 0 Å². The number of halogens is 1. The molecule has 2 saturated heterocycles. The van der Waals surface area contributed by atoms with Crippen molar-refractivity contribution in [3.05, 3.63) is 29.3 Å². The highest BCUT2D eigenvalue weighted by molar-refractivity contribution is 6.30. The van der Waals surface area contributed by atoms with Gasteiger partial charge in [-0.15, -0.1) is 0 Å². The predicted molar refractivity (Wildman–Crippen MR) is 87.2 cm³/mol. The maximum Gasteiger partial charge on any atom is 0.0798 e. The lowest BCUT2D eigenvalue weighted by atomic mass is 9.91. The lowest BCUT2D eigenvalue weighted by Gasteiger charge is -2.41. The number of aliphatic hydroxyl groups is 1. The van der Waals surface area contributed by atoms with Gasteiger partial charge in [0, 0.05) is 43.4 Å². The van der Waals surface area contributed by atoms with Gasteiger partial charge < -0.3 is 15.3 Å². The Morgan fingerprint density at radius 3 is 2.29 bits per heavy atom. The second-order valence-corrected chi connectivity index (χ2v) is 6.65. The number of hydrogen-bond donors (Lipinski definition) is 2. The number of β-amino-alcohol motifs (C(OH)–C–C–N with tert-alkyl or cyclic N) is 1. The Morgan fingerprint density at radius 1 is 1.05 bits per heavy atom. The second-order valence-electron chi connectivity index (χ2n) is 6.21. The second kappa shape index (κ2) is 6.53. The van der Waals surface area contributed by atoms with Crippen LogP contribution in [0.1, 0.15) is 12.8 Å². The first kappa shape index (κ1) is 15.1. The molecule has 4 nitrogen and oxygen atoms in total. The van der Waals surface area contributed by atoms with Crippen molar-refractivity contribution >= 4 is 17.3 Å². The molecule has 0 unspecified atom stereocenters. The number of rotatable bonds is 3. The van der Waals surface area contributed by atoms with Crippen LogP contribution < -0.4 is 10.2 Å². The first-order valence-corrected chi connectivity index (χ1v) is 8.18. The molecule has 2 aliphatic rings. The van der Waals surface area contributed by atoms with E-state index in [4.69, 9.17) is 11.6 Å².